The number of pyridine rings is 2. The van der Waals surface area contributed by atoms with E-state index in [-0.39, 0.29) is 57.5 Å². The Bertz CT molecular complexity index is 1450. The van der Waals surface area contributed by atoms with Crippen LogP contribution in [0.1, 0.15) is 82.1 Å². The van der Waals surface area contributed by atoms with Crippen molar-refractivity contribution in [2.75, 3.05) is 0 Å². The van der Waals surface area contributed by atoms with Crippen LogP contribution in [0.4, 0.5) is 9.59 Å². The zero-order valence-electron chi connectivity index (χ0n) is 36.1. The van der Waals surface area contributed by atoms with Gasteiger partial charge in [0, 0.05) is 34.2 Å². The SMILES string of the molecule is CC(C)(C)CC(C)(C)NC(=O)O.CC(C)(C)CC(C)(C)NC(=O)O.O.O.O=[N+]([O-])[O-].O=[N+]([O-])[O-].[Cl][Pt].[Cl][Pt].[NH2-].[NH2-].[NH2-].[NH2-].c1ccc2ncccc2c1.c1ccc2ncccc2c1. The normalized spacial score (nSPS) is 9.16. The molecule has 2 aromatic heterocycles. The standard InChI is InChI=1S/2C9H19NO2.2C9H7N.2ClH.2NO3.4H2N.2H2O.2Pt/c2*1-8(2,3)6-9(4,5)10-7(11)12;2*1-2-6-9-8(4-1)5-3-7-10-9;;;2*2-1(3)4;;;;;;;;/h2*10H,6H2,1-5H3,(H,11,12);2*1-7H;2*1H;;;6*1H2;;/q;;;;;;6*-1;;;2*+1/p-2. The van der Waals surface area contributed by atoms with Gasteiger partial charge < -0.3 is 87.0 Å². The van der Waals surface area contributed by atoms with Gasteiger partial charge in [0.05, 0.1) is 21.2 Å². The van der Waals surface area contributed by atoms with Gasteiger partial charge in [-0.2, -0.15) is 0 Å². The summed E-state index contributed by atoms with van der Waals surface area (Å²) in [4.78, 5) is 45.6. The molecule has 16 N–H and O–H groups in total. The minimum atomic E-state index is -1.75. The van der Waals surface area contributed by atoms with E-state index in [0.717, 1.165) is 23.9 Å². The molecular weight excluding hydrogens is 1230 g/mol. The average molecular weight is 1290 g/mol. The molecule has 2 heterocycles. The Balaban J connectivity index is -0.0000000650. The van der Waals surface area contributed by atoms with Crippen molar-refractivity contribution < 1.29 is 78.5 Å². The van der Waals surface area contributed by atoms with Crippen LogP contribution in [0.25, 0.3) is 46.4 Å². The van der Waals surface area contributed by atoms with E-state index in [4.69, 9.17) is 40.9 Å². The molecule has 0 aliphatic rings. The van der Waals surface area contributed by atoms with Crippen LogP contribution in [0.3, 0.4) is 0 Å². The number of benzene rings is 2. The maximum Gasteiger partial charge on any atom is 0.0701 e. The van der Waals surface area contributed by atoms with Crippen molar-refractivity contribution >= 4 is 52.8 Å². The molecule has 0 bridgehead atoms. The van der Waals surface area contributed by atoms with Crippen LogP contribution >= 0.6 is 18.8 Å². The summed E-state index contributed by atoms with van der Waals surface area (Å²) >= 11 is 3.22. The minimum absolute atomic E-state index is 0. The van der Waals surface area contributed by atoms with E-state index < -0.39 is 22.4 Å². The third-order valence-corrected chi connectivity index (χ3v) is 5.86. The van der Waals surface area contributed by atoms with E-state index in [2.05, 4.69) is 105 Å². The predicted molar refractivity (Wildman–Crippen MR) is 243 cm³/mol. The summed E-state index contributed by atoms with van der Waals surface area (Å²) in [5.41, 5.74) is 1.72. The van der Waals surface area contributed by atoms with Gasteiger partial charge in [-0.1, -0.05) is 90.1 Å². The van der Waals surface area contributed by atoms with Crippen LogP contribution in [-0.2, 0) is 37.5 Å². The van der Waals surface area contributed by atoms with Crippen molar-refractivity contribution in [3.8, 4) is 0 Å². The van der Waals surface area contributed by atoms with Crippen LogP contribution in [0.5, 0.6) is 0 Å². The number of fused-ring (bicyclic) bond motifs is 2. The quantitative estimate of drug-likeness (QED) is 0.109. The molecule has 2 amide bonds. The third kappa shape index (κ3) is 58.0. The first-order chi connectivity index (χ1) is 25.6. The molecule has 0 aliphatic carbocycles. The van der Waals surface area contributed by atoms with E-state index >= 15 is 0 Å². The van der Waals surface area contributed by atoms with Crippen molar-refractivity contribution in [1.29, 1.82) is 0 Å². The number of nitrogens with two attached hydrogens (primary N) is 4. The maximum absolute atomic E-state index is 10.4. The van der Waals surface area contributed by atoms with Gasteiger partial charge in [0.2, 0.25) is 0 Å². The summed E-state index contributed by atoms with van der Waals surface area (Å²) in [5, 5.41) is 54.0. The molecule has 370 valence electrons. The molecular formula is C36H64Cl2N10O12Pt2-6. The van der Waals surface area contributed by atoms with Crippen LogP contribution in [0.2, 0.25) is 0 Å². The molecule has 0 aliphatic heterocycles. The second kappa shape index (κ2) is 43.6. The number of amides is 2. The van der Waals surface area contributed by atoms with Crippen LogP contribution in [0, 0.1) is 41.5 Å². The molecule has 62 heavy (non-hydrogen) atoms. The van der Waals surface area contributed by atoms with Gasteiger partial charge in [-0.05, 0) is 75.6 Å². The summed E-state index contributed by atoms with van der Waals surface area (Å²) in [5.74, 6) is 0. The summed E-state index contributed by atoms with van der Waals surface area (Å²) < 4.78 is 0. The van der Waals surface area contributed by atoms with Crippen molar-refractivity contribution in [2.24, 2.45) is 10.8 Å². The number of nitrogens with one attached hydrogen (secondary N) is 2. The molecule has 4 aromatic rings. The Kier molecular flexibility index (Phi) is 57.4. The molecule has 0 radical (unpaired) electrons. The number of carbonyl (C=O) groups is 2. The van der Waals surface area contributed by atoms with Gasteiger partial charge in [0.1, 0.15) is 0 Å². The minimum Gasteiger partial charge on any atom is -0.693 e. The molecule has 4 rings (SSSR count). The first-order valence-electron chi connectivity index (χ1n) is 16.1. The fraction of sp³-hybridized carbons (Fsp3) is 0.444. The molecule has 0 spiro atoms. The number of halogens is 2. The van der Waals surface area contributed by atoms with E-state index in [9.17, 15) is 9.59 Å². The van der Waals surface area contributed by atoms with Crippen LogP contribution < -0.4 is 10.6 Å². The van der Waals surface area contributed by atoms with Crippen molar-refractivity contribution in [1.82, 2.24) is 20.6 Å². The summed E-state index contributed by atoms with van der Waals surface area (Å²) in [6.45, 7) is 20.2. The molecule has 26 heteroatoms. The largest absolute Gasteiger partial charge is 0.693 e. The first kappa shape index (κ1) is 81.7. The topological polar surface area (TPSA) is 454 Å². The fourth-order valence-electron chi connectivity index (χ4n) is 5.35. The van der Waals surface area contributed by atoms with E-state index in [1.165, 1.54) is 10.8 Å². The Morgan fingerprint density at radius 1 is 0.548 bits per heavy atom. The van der Waals surface area contributed by atoms with Crippen molar-refractivity contribution in [3.63, 3.8) is 0 Å². The molecule has 22 nitrogen and oxygen atoms in total. The number of hydrogen-bond donors (Lipinski definition) is 4. The van der Waals surface area contributed by atoms with Gasteiger partial charge in [0.25, 0.3) is 0 Å². The van der Waals surface area contributed by atoms with Gasteiger partial charge in [0.15, 0.2) is 0 Å². The number of carboxylic acid groups (broad SMARTS) is 2. The van der Waals surface area contributed by atoms with Gasteiger partial charge >= 0.3 is 68.6 Å². The monoisotopic (exact) mass is 1290 g/mol. The number of aromatic nitrogens is 2. The van der Waals surface area contributed by atoms with Gasteiger partial charge in [-0.15, -0.1) is 0 Å². The number of nitrogens with zero attached hydrogens (tertiary/aromatic N) is 4. The molecule has 0 saturated carbocycles. The average Bonchev–Trinajstić information content (AvgIpc) is 3.04. The Morgan fingerprint density at radius 3 is 0.952 bits per heavy atom. The van der Waals surface area contributed by atoms with Gasteiger partial charge in [-0.25, -0.2) is 9.59 Å². The Labute approximate surface area is 394 Å². The van der Waals surface area contributed by atoms with E-state index in [1.54, 1.807) is 37.5 Å². The van der Waals surface area contributed by atoms with Crippen molar-refractivity contribution in [3.05, 3.63) is 140 Å². The first-order valence-corrected chi connectivity index (χ1v) is 21.8. The summed E-state index contributed by atoms with van der Waals surface area (Å²) in [6.07, 6.45) is 3.36. The second-order valence-electron chi connectivity index (χ2n) is 14.9. The molecule has 0 fully saturated rings. The third-order valence-electron chi connectivity index (χ3n) is 5.86. The van der Waals surface area contributed by atoms with Crippen LogP contribution in [0.15, 0.2) is 85.2 Å². The smallest absolute Gasteiger partial charge is 0.0701 e. The van der Waals surface area contributed by atoms with E-state index in [0.29, 0.717) is 0 Å². The number of rotatable bonds is 4. The molecule has 0 saturated heterocycles. The predicted octanol–water partition coefficient (Wildman–Crippen LogP) is 11.5. The van der Waals surface area contributed by atoms with Crippen molar-refractivity contribution in [2.45, 2.75) is 93.2 Å². The zero-order chi connectivity index (χ0) is 44.8. The summed E-state index contributed by atoms with van der Waals surface area (Å²) in [7, 11) is 9.22. The number of para-hydroxylation sites is 2. The Morgan fingerprint density at radius 2 is 0.758 bits per heavy atom. The van der Waals surface area contributed by atoms with Gasteiger partial charge in [-0.3, -0.25) is 9.97 Å². The second-order valence-corrected chi connectivity index (χ2v) is 14.9. The van der Waals surface area contributed by atoms with Crippen LogP contribution in [-0.4, -0.2) is 64.6 Å². The number of hydrogen-bond acceptors (Lipinski definition) is 10. The molecule has 2 aromatic carbocycles. The maximum atomic E-state index is 10.4. The Hall–Kier alpha value is -4.08. The molecule has 0 atom stereocenters. The van der Waals surface area contributed by atoms with E-state index in [1.807, 2.05) is 88.6 Å². The summed E-state index contributed by atoms with van der Waals surface area (Å²) in [6, 6.07) is 24.2. The molecule has 0 unspecified atom stereocenters. The zero-order valence-corrected chi connectivity index (χ0v) is 42.2. The fourth-order valence-corrected chi connectivity index (χ4v) is 5.35.